The van der Waals surface area contributed by atoms with E-state index in [2.05, 4.69) is 34.6 Å². The SMILES string of the molecule is C[C@@H](C[C@H](O)[C@H]1OC1(C)C)[C@H]1C(=O)[C@H](O)[C@]2(C)[C@@H]3CC[C@@H]4C(C)(C)[C@H](O[C@H]5OC[C@@H](O)[C@H](O)[C@@H]5O)CC[C@@]45C[C@@]35CC[C@@]12C. The standard InChI is InChI=1S/C35H56O9/c1-17(14-18(36)28-31(4,5)44-28)23-25(39)27(41)33(7)21-9-8-20-30(2,3)22(43-29-26(40)24(38)19(37)15-42-29)10-11-34(20)16-35(21,34)13-12-32(23,33)6/h17-24,26-29,36-38,40-41H,8-16H2,1-7H3/t17-,18-,19+,20+,21-,22+,23-,24-,26-,27-,28+,29+,32-,33-,34+,35-/m0/s1. The summed E-state index contributed by atoms with van der Waals surface area (Å²) in [6.07, 6.45) is 0.667. The lowest BCUT2D eigenvalue weighted by atomic mass is 9.41. The number of aliphatic hydroxyl groups is 5. The van der Waals surface area contributed by atoms with Crippen molar-refractivity contribution in [2.45, 2.75) is 154 Å². The molecule has 0 amide bonds. The van der Waals surface area contributed by atoms with Gasteiger partial charge in [-0.2, -0.15) is 0 Å². The van der Waals surface area contributed by atoms with E-state index in [1.165, 1.54) is 0 Å². The van der Waals surface area contributed by atoms with Crippen LogP contribution in [0.5, 0.6) is 0 Å². The minimum atomic E-state index is -1.30. The van der Waals surface area contributed by atoms with E-state index in [0.717, 1.165) is 44.9 Å². The molecule has 0 aromatic carbocycles. The Morgan fingerprint density at radius 3 is 2.20 bits per heavy atom. The topological polar surface area (TPSA) is 149 Å². The number of ketones is 1. The molecule has 0 radical (unpaired) electrons. The number of carbonyl (C=O) groups is 1. The van der Waals surface area contributed by atoms with Crippen LogP contribution >= 0.6 is 0 Å². The zero-order valence-electron chi connectivity index (χ0n) is 27.7. The average molecular weight is 621 g/mol. The number of aliphatic hydroxyl groups excluding tert-OH is 5. The summed E-state index contributed by atoms with van der Waals surface area (Å²) in [6.45, 7) is 15.0. The van der Waals surface area contributed by atoms with Crippen molar-refractivity contribution >= 4 is 5.78 Å². The first-order chi connectivity index (χ1) is 20.4. The van der Waals surface area contributed by atoms with Gasteiger partial charge in [0.1, 0.15) is 30.5 Å². The Morgan fingerprint density at radius 2 is 1.55 bits per heavy atom. The van der Waals surface area contributed by atoms with Gasteiger partial charge in [0, 0.05) is 11.3 Å². The number of fused-ring (bicyclic) bond motifs is 2. The Kier molecular flexibility index (Phi) is 7.05. The third-order valence-electron chi connectivity index (χ3n) is 15.4. The average Bonchev–Trinajstić information content (AvgIpc) is 3.80. The maximum atomic E-state index is 14.1. The largest absolute Gasteiger partial charge is 0.390 e. The van der Waals surface area contributed by atoms with Crippen LogP contribution in [0.1, 0.15) is 99.8 Å². The molecule has 250 valence electrons. The lowest BCUT2D eigenvalue weighted by Gasteiger charge is -2.63. The van der Waals surface area contributed by atoms with Gasteiger partial charge in [0.15, 0.2) is 12.1 Å². The van der Waals surface area contributed by atoms with Gasteiger partial charge in [-0.1, -0.05) is 34.6 Å². The van der Waals surface area contributed by atoms with E-state index in [1.807, 2.05) is 13.8 Å². The summed E-state index contributed by atoms with van der Waals surface area (Å²) in [5.41, 5.74) is -1.15. The Balaban J connectivity index is 1.12. The number of rotatable bonds is 6. The van der Waals surface area contributed by atoms with Crippen LogP contribution in [0.3, 0.4) is 0 Å². The van der Waals surface area contributed by atoms with Crippen molar-refractivity contribution in [2.75, 3.05) is 6.61 Å². The molecule has 16 atom stereocenters. The van der Waals surface area contributed by atoms with Crippen LogP contribution in [-0.2, 0) is 19.0 Å². The van der Waals surface area contributed by atoms with E-state index in [0.29, 0.717) is 12.3 Å². The zero-order chi connectivity index (χ0) is 32.0. The fourth-order valence-corrected chi connectivity index (χ4v) is 12.9. The Hall–Kier alpha value is -0.650. The van der Waals surface area contributed by atoms with E-state index < -0.39 is 42.2 Å². The van der Waals surface area contributed by atoms with Crippen LogP contribution in [-0.4, -0.2) is 92.5 Å². The number of carbonyl (C=O) groups excluding carboxylic acids is 1. The predicted octanol–water partition coefficient (Wildman–Crippen LogP) is 2.96. The second kappa shape index (κ2) is 9.71. The van der Waals surface area contributed by atoms with Crippen molar-refractivity contribution in [2.24, 2.45) is 50.7 Å². The molecule has 2 saturated heterocycles. The van der Waals surface area contributed by atoms with Gasteiger partial charge in [0.25, 0.3) is 0 Å². The van der Waals surface area contributed by atoms with Gasteiger partial charge in [-0.3, -0.25) is 4.79 Å². The van der Waals surface area contributed by atoms with Crippen molar-refractivity contribution in [1.29, 1.82) is 0 Å². The van der Waals surface area contributed by atoms with E-state index in [1.54, 1.807) is 0 Å². The van der Waals surface area contributed by atoms with Gasteiger partial charge in [-0.05, 0) is 105 Å². The summed E-state index contributed by atoms with van der Waals surface area (Å²) in [7, 11) is 0. The van der Waals surface area contributed by atoms with Crippen molar-refractivity contribution in [3.63, 3.8) is 0 Å². The maximum absolute atomic E-state index is 14.1. The highest BCUT2D eigenvalue weighted by molar-refractivity contribution is 5.90. The summed E-state index contributed by atoms with van der Waals surface area (Å²) in [5, 5.41) is 53.6. The second-order valence-corrected chi connectivity index (χ2v) is 17.8. The van der Waals surface area contributed by atoms with Gasteiger partial charge in [0.05, 0.1) is 24.4 Å². The number of hydrogen-bond donors (Lipinski definition) is 5. The van der Waals surface area contributed by atoms with E-state index in [-0.39, 0.29) is 69.6 Å². The van der Waals surface area contributed by atoms with Crippen molar-refractivity contribution < 1.29 is 44.5 Å². The summed E-state index contributed by atoms with van der Waals surface area (Å²) in [5.74, 6) is 0.275. The fraction of sp³-hybridized carbons (Fsp3) is 0.971. The predicted molar refractivity (Wildman–Crippen MR) is 160 cm³/mol. The molecule has 44 heavy (non-hydrogen) atoms. The Bertz CT molecular complexity index is 1190. The highest BCUT2D eigenvalue weighted by Crippen LogP contribution is 2.89. The van der Waals surface area contributed by atoms with Crippen LogP contribution < -0.4 is 0 Å². The van der Waals surface area contributed by atoms with E-state index >= 15 is 0 Å². The smallest absolute Gasteiger partial charge is 0.186 e. The van der Waals surface area contributed by atoms with Crippen molar-refractivity contribution in [3.05, 3.63) is 0 Å². The maximum Gasteiger partial charge on any atom is 0.186 e. The Morgan fingerprint density at radius 1 is 0.909 bits per heavy atom. The van der Waals surface area contributed by atoms with Crippen LogP contribution in [0.25, 0.3) is 0 Å². The normalized spacial score (nSPS) is 56.5. The minimum absolute atomic E-state index is 0.0321. The number of Topliss-reactive ketones (excluding diaryl/α,β-unsaturated/α-hetero) is 1. The first-order valence-corrected chi connectivity index (χ1v) is 17.3. The Labute approximate surface area is 262 Å². The van der Waals surface area contributed by atoms with Gasteiger partial charge in [-0.15, -0.1) is 0 Å². The zero-order valence-corrected chi connectivity index (χ0v) is 27.7. The van der Waals surface area contributed by atoms with Crippen LogP contribution in [0.4, 0.5) is 0 Å². The third-order valence-corrected chi connectivity index (χ3v) is 15.4. The summed E-state index contributed by atoms with van der Waals surface area (Å²) >= 11 is 0. The van der Waals surface area contributed by atoms with Crippen LogP contribution in [0, 0.1) is 50.7 Å². The van der Waals surface area contributed by atoms with Crippen LogP contribution in [0.15, 0.2) is 0 Å². The highest BCUT2D eigenvalue weighted by Gasteiger charge is 2.84. The molecular weight excluding hydrogens is 564 g/mol. The van der Waals surface area contributed by atoms with Gasteiger partial charge >= 0.3 is 0 Å². The molecule has 0 unspecified atom stereocenters. The number of hydrogen-bond acceptors (Lipinski definition) is 9. The van der Waals surface area contributed by atoms with Gasteiger partial charge in [0.2, 0.25) is 0 Å². The molecule has 7 fully saturated rings. The summed E-state index contributed by atoms with van der Waals surface area (Å²) < 4.78 is 17.8. The second-order valence-electron chi connectivity index (χ2n) is 17.8. The van der Waals surface area contributed by atoms with Crippen molar-refractivity contribution in [3.8, 4) is 0 Å². The molecule has 5 N–H and O–H groups in total. The molecule has 5 saturated carbocycles. The summed E-state index contributed by atoms with van der Waals surface area (Å²) in [6, 6.07) is 0. The molecule has 7 aliphatic rings. The molecule has 2 spiro atoms. The van der Waals surface area contributed by atoms with Gasteiger partial charge in [-0.25, -0.2) is 0 Å². The molecule has 5 aliphatic carbocycles. The lowest BCUT2D eigenvalue weighted by Crippen LogP contribution is -2.61. The molecule has 7 rings (SSSR count). The molecular formula is C35H56O9. The highest BCUT2D eigenvalue weighted by atomic mass is 16.7. The number of epoxide rings is 1. The monoisotopic (exact) mass is 620 g/mol. The molecule has 0 aromatic rings. The van der Waals surface area contributed by atoms with Crippen molar-refractivity contribution in [1.82, 2.24) is 0 Å². The third kappa shape index (κ3) is 3.90. The number of ether oxygens (including phenoxy) is 3. The lowest BCUT2D eigenvalue weighted by molar-refractivity contribution is -0.303. The molecule has 9 heteroatoms. The summed E-state index contributed by atoms with van der Waals surface area (Å²) in [4.78, 5) is 14.1. The molecule has 2 heterocycles. The quantitative estimate of drug-likeness (QED) is 0.223. The molecule has 0 bridgehead atoms. The fourth-order valence-electron chi connectivity index (χ4n) is 12.9. The first-order valence-electron chi connectivity index (χ1n) is 17.3. The molecule has 0 aromatic heterocycles. The molecule has 2 aliphatic heterocycles. The first kappa shape index (κ1) is 31.9. The van der Waals surface area contributed by atoms with Crippen LogP contribution in [0.2, 0.25) is 0 Å². The minimum Gasteiger partial charge on any atom is -0.390 e. The van der Waals surface area contributed by atoms with Gasteiger partial charge < -0.3 is 39.7 Å². The molecule has 9 nitrogen and oxygen atoms in total. The van der Waals surface area contributed by atoms with E-state index in [9.17, 15) is 30.3 Å². The van der Waals surface area contributed by atoms with E-state index in [4.69, 9.17) is 14.2 Å².